The van der Waals surface area contributed by atoms with Crippen LogP contribution >= 0.6 is 0 Å². The molecule has 1 saturated heterocycles. The SMILES string of the molecule is CC(=O)N(CC(=O)O)C1CCCN(C(=O)C2(S(C)(=O)=O)CCCC2)CC1. The summed E-state index contributed by atoms with van der Waals surface area (Å²) in [4.78, 5) is 38.8. The van der Waals surface area contributed by atoms with Crippen LogP contribution in [0.2, 0.25) is 0 Å². The Hall–Kier alpha value is -1.64. The molecule has 1 heterocycles. The van der Waals surface area contributed by atoms with E-state index in [0.717, 1.165) is 19.1 Å². The van der Waals surface area contributed by atoms with Crippen LogP contribution in [-0.4, -0.2) is 77.8 Å². The maximum atomic E-state index is 13.1. The Balaban J connectivity index is 2.13. The molecule has 1 atom stereocenters. The molecule has 0 bridgehead atoms. The molecule has 1 unspecified atom stereocenters. The summed E-state index contributed by atoms with van der Waals surface area (Å²) >= 11 is 0. The Morgan fingerprint density at radius 3 is 2.23 bits per heavy atom. The Morgan fingerprint density at radius 2 is 1.73 bits per heavy atom. The lowest BCUT2D eigenvalue weighted by Gasteiger charge is -2.33. The molecule has 2 rings (SSSR count). The lowest BCUT2D eigenvalue weighted by molar-refractivity contribution is -0.145. The van der Waals surface area contributed by atoms with E-state index in [4.69, 9.17) is 5.11 Å². The molecule has 1 aliphatic heterocycles. The minimum absolute atomic E-state index is 0.251. The van der Waals surface area contributed by atoms with Gasteiger partial charge in [-0.3, -0.25) is 14.4 Å². The van der Waals surface area contributed by atoms with E-state index in [9.17, 15) is 22.8 Å². The molecule has 0 aromatic rings. The number of carboxylic acid groups (broad SMARTS) is 1. The number of hydrogen-bond acceptors (Lipinski definition) is 5. The summed E-state index contributed by atoms with van der Waals surface area (Å²) in [7, 11) is -3.52. The van der Waals surface area contributed by atoms with E-state index >= 15 is 0 Å². The van der Waals surface area contributed by atoms with Crippen LogP contribution in [0.15, 0.2) is 0 Å². The van der Waals surface area contributed by atoms with Crippen molar-refractivity contribution in [3.05, 3.63) is 0 Å². The highest BCUT2D eigenvalue weighted by Crippen LogP contribution is 2.38. The van der Waals surface area contributed by atoms with Crippen LogP contribution in [-0.2, 0) is 24.2 Å². The van der Waals surface area contributed by atoms with Gasteiger partial charge in [0.25, 0.3) is 0 Å². The summed E-state index contributed by atoms with van der Waals surface area (Å²) in [6.07, 6.45) is 4.99. The van der Waals surface area contributed by atoms with Gasteiger partial charge in [-0.1, -0.05) is 12.8 Å². The number of rotatable bonds is 5. The molecular formula is C17H28N2O6S. The first kappa shape index (κ1) is 20.7. The van der Waals surface area contributed by atoms with Crippen molar-refractivity contribution in [2.45, 2.75) is 62.7 Å². The first-order valence-electron chi connectivity index (χ1n) is 9.06. The van der Waals surface area contributed by atoms with E-state index in [1.807, 2.05) is 0 Å². The predicted molar refractivity (Wildman–Crippen MR) is 95.3 cm³/mol. The van der Waals surface area contributed by atoms with E-state index in [0.29, 0.717) is 45.2 Å². The molecule has 1 saturated carbocycles. The largest absolute Gasteiger partial charge is 0.480 e. The summed E-state index contributed by atoms with van der Waals surface area (Å²) in [5, 5.41) is 9.02. The normalized spacial score (nSPS) is 23.3. The number of carbonyl (C=O) groups is 3. The van der Waals surface area contributed by atoms with E-state index in [1.165, 1.54) is 11.8 Å². The van der Waals surface area contributed by atoms with Gasteiger partial charge in [0.1, 0.15) is 6.54 Å². The third-order valence-corrected chi connectivity index (χ3v) is 7.65. The Kier molecular flexibility index (Phi) is 6.31. The van der Waals surface area contributed by atoms with E-state index in [1.54, 1.807) is 4.90 Å². The van der Waals surface area contributed by atoms with Crippen molar-refractivity contribution in [1.82, 2.24) is 9.80 Å². The molecular weight excluding hydrogens is 360 g/mol. The van der Waals surface area contributed by atoms with Crippen molar-refractivity contribution >= 4 is 27.6 Å². The fourth-order valence-electron chi connectivity index (χ4n) is 4.21. The molecule has 26 heavy (non-hydrogen) atoms. The van der Waals surface area contributed by atoms with Crippen LogP contribution < -0.4 is 0 Å². The second-order valence-corrected chi connectivity index (χ2v) is 9.72. The predicted octanol–water partition coefficient (Wildman–Crippen LogP) is 0.658. The highest BCUT2D eigenvalue weighted by atomic mass is 32.2. The maximum Gasteiger partial charge on any atom is 0.323 e. The average Bonchev–Trinajstić information content (AvgIpc) is 2.92. The van der Waals surface area contributed by atoms with Gasteiger partial charge in [0, 0.05) is 32.3 Å². The summed E-state index contributed by atoms with van der Waals surface area (Å²) in [5.74, 6) is -1.70. The molecule has 0 radical (unpaired) electrons. The molecule has 0 aromatic carbocycles. The number of carboxylic acids is 1. The molecule has 2 fully saturated rings. The molecule has 148 valence electrons. The Bertz CT molecular complexity index is 669. The van der Waals surface area contributed by atoms with E-state index in [2.05, 4.69) is 0 Å². The van der Waals surface area contributed by atoms with Crippen molar-refractivity contribution in [3.63, 3.8) is 0 Å². The summed E-state index contributed by atoms with van der Waals surface area (Å²) in [6.45, 7) is 1.75. The summed E-state index contributed by atoms with van der Waals surface area (Å²) in [5.41, 5.74) is 0. The average molecular weight is 388 g/mol. The highest BCUT2D eigenvalue weighted by Gasteiger charge is 2.51. The number of nitrogens with zero attached hydrogens (tertiary/aromatic N) is 2. The fourth-order valence-corrected chi connectivity index (χ4v) is 5.69. The Morgan fingerprint density at radius 1 is 1.12 bits per heavy atom. The van der Waals surface area contributed by atoms with Gasteiger partial charge in [0.15, 0.2) is 14.6 Å². The molecule has 1 aliphatic carbocycles. The van der Waals surface area contributed by atoms with Crippen molar-refractivity contribution < 1.29 is 27.9 Å². The van der Waals surface area contributed by atoms with Crippen LogP contribution in [0.4, 0.5) is 0 Å². The monoisotopic (exact) mass is 388 g/mol. The highest BCUT2D eigenvalue weighted by molar-refractivity contribution is 7.92. The first-order chi connectivity index (χ1) is 12.1. The van der Waals surface area contributed by atoms with Crippen LogP contribution in [0.3, 0.4) is 0 Å². The van der Waals surface area contributed by atoms with Crippen molar-refractivity contribution in [3.8, 4) is 0 Å². The standard InChI is InChI=1S/C17H28N2O6S/c1-13(20)19(12-15(21)22)14-6-5-10-18(11-7-14)16(23)17(26(2,24)25)8-3-4-9-17/h14H,3-12H2,1-2H3,(H,21,22). The van der Waals surface area contributed by atoms with Gasteiger partial charge in [-0.05, 0) is 32.1 Å². The third kappa shape index (κ3) is 4.19. The van der Waals surface area contributed by atoms with Gasteiger partial charge in [-0.2, -0.15) is 0 Å². The number of amides is 2. The second kappa shape index (κ2) is 7.94. The second-order valence-electron chi connectivity index (χ2n) is 7.39. The quantitative estimate of drug-likeness (QED) is 0.740. The summed E-state index contributed by atoms with van der Waals surface area (Å²) in [6, 6.07) is -0.251. The fraction of sp³-hybridized carbons (Fsp3) is 0.824. The zero-order chi connectivity index (χ0) is 19.5. The Labute approximate surface area is 154 Å². The van der Waals surface area contributed by atoms with Crippen LogP contribution in [0.25, 0.3) is 0 Å². The van der Waals surface area contributed by atoms with Crippen molar-refractivity contribution in [2.24, 2.45) is 0 Å². The van der Waals surface area contributed by atoms with Gasteiger partial charge >= 0.3 is 5.97 Å². The van der Waals surface area contributed by atoms with Gasteiger partial charge < -0.3 is 14.9 Å². The van der Waals surface area contributed by atoms with Crippen LogP contribution in [0, 0.1) is 0 Å². The third-order valence-electron chi connectivity index (χ3n) is 5.65. The zero-order valence-corrected chi connectivity index (χ0v) is 16.3. The smallest absolute Gasteiger partial charge is 0.323 e. The van der Waals surface area contributed by atoms with Gasteiger partial charge in [0.2, 0.25) is 11.8 Å². The van der Waals surface area contributed by atoms with E-state index < -0.39 is 20.6 Å². The molecule has 1 N–H and O–H groups in total. The van der Waals surface area contributed by atoms with Gasteiger partial charge in [-0.15, -0.1) is 0 Å². The van der Waals surface area contributed by atoms with E-state index in [-0.39, 0.29) is 24.4 Å². The number of sulfone groups is 1. The van der Waals surface area contributed by atoms with Crippen LogP contribution in [0.1, 0.15) is 51.9 Å². The van der Waals surface area contributed by atoms with Crippen molar-refractivity contribution in [2.75, 3.05) is 25.9 Å². The topological polar surface area (TPSA) is 112 Å². The minimum atomic E-state index is -3.52. The lowest BCUT2D eigenvalue weighted by Crippen LogP contribution is -2.52. The minimum Gasteiger partial charge on any atom is -0.480 e. The zero-order valence-electron chi connectivity index (χ0n) is 15.4. The number of hydrogen-bond donors (Lipinski definition) is 1. The lowest BCUT2D eigenvalue weighted by atomic mass is 10.1. The first-order valence-corrected chi connectivity index (χ1v) is 11.0. The number of aliphatic carboxylic acids is 1. The molecule has 8 nitrogen and oxygen atoms in total. The maximum absolute atomic E-state index is 13.1. The number of carbonyl (C=O) groups excluding carboxylic acids is 2. The van der Waals surface area contributed by atoms with Gasteiger partial charge in [0.05, 0.1) is 0 Å². The molecule has 9 heteroatoms. The molecule has 2 aliphatic rings. The molecule has 0 spiro atoms. The molecule has 0 aromatic heterocycles. The van der Waals surface area contributed by atoms with Crippen molar-refractivity contribution in [1.29, 1.82) is 0 Å². The molecule has 2 amide bonds. The number of likely N-dealkylation sites (tertiary alicyclic amines) is 1. The van der Waals surface area contributed by atoms with Gasteiger partial charge in [-0.25, -0.2) is 8.42 Å². The van der Waals surface area contributed by atoms with Crippen LogP contribution in [0.5, 0.6) is 0 Å². The summed E-state index contributed by atoms with van der Waals surface area (Å²) < 4.78 is 23.4.